The number of rotatable bonds is 3. The molecular weight excluding hydrogens is 518 g/mol. The van der Waals surface area contributed by atoms with E-state index in [0.29, 0.717) is 45.2 Å². The van der Waals surface area contributed by atoms with Gasteiger partial charge in [0.1, 0.15) is 11.5 Å². The minimum absolute atomic E-state index is 0.0768. The van der Waals surface area contributed by atoms with Gasteiger partial charge in [0.2, 0.25) is 11.8 Å². The fourth-order valence-electron chi connectivity index (χ4n) is 6.67. The summed E-state index contributed by atoms with van der Waals surface area (Å²) in [6.45, 7) is 3.44. The maximum atomic E-state index is 14.0. The number of hydrogen-bond acceptors (Lipinski definition) is 6. The highest BCUT2D eigenvalue weighted by molar-refractivity contribution is 6.32. The van der Waals surface area contributed by atoms with Crippen LogP contribution in [0.15, 0.2) is 70.8 Å². The lowest BCUT2D eigenvalue weighted by molar-refractivity contribution is -0.123. The predicted octanol–water partition coefficient (Wildman–Crippen LogP) is 5.00. The predicted molar refractivity (Wildman–Crippen MR) is 145 cm³/mol. The third kappa shape index (κ3) is 3.63. The number of Topliss-reactive ketones (excluding diaryl/α,β-unsaturated/α-hetero) is 1. The molecule has 4 unspecified atom stereocenters. The van der Waals surface area contributed by atoms with Gasteiger partial charge in [0.25, 0.3) is 0 Å². The van der Waals surface area contributed by atoms with E-state index in [2.05, 4.69) is 0 Å². The highest BCUT2D eigenvalue weighted by Crippen LogP contribution is 2.57. The number of hydrogen-bond donors (Lipinski definition) is 1. The first kappa shape index (κ1) is 25.3. The van der Waals surface area contributed by atoms with Gasteiger partial charge in [-0.2, -0.15) is 0 Å². The zero-order chi connectivity index (χ0) is 27.7. The standard InChI is InChI=1S/C31H26ClNO6/c1-14-7-8-16(12-21(14)32)33-30(37)18-10-9-17-19(25(18)31(33)38)13-20-23(35)11-15(2)29(36)27(20)26(17)28-22(34)5-4-6-24(28)39-3/h4-9,11-12,18-19,25-26,34H,10,13H2,1-3H3. The van der Waals surface area contributed by atoms with Crippen molar-refractivity contribution in [3.63, 3.8) is 0 Å². The van der Waals surface area contributed by atoms with Gasteiger partial charge in [-0.3, -0.25) is 19.2 Å². The van der Waals surface area contributed by atoms with Crippen molar-refractivity contribution in [2.45, 2.75) is 32.6 Å². The first-order chi connectivity index (χ1) is 18.6. The third-order valence-electron chi connectivity index (χ3n) is 8.53. The number of amides is 2. The first-order valence-corrected chi connectivity index (χ1v) is 13.2. The topological polar surface area (TPSA) is 101 Å². The Balaban J connectivity index is 1.52. The Morgan fingerprint density at radius 3 is 2.51 bits per heavy atom. The second-order valence-corrected chi connectivity index (χ2v) is 11.0. The lowest BCUT2D eigenvalue weighted by atomic mass is 9.59. The molecular formula is C31H26ClNO6. The summed E-state index contributed by atoms with van der Waals surface area (Å²) in [5, 5.41) is 11.5. The average molecular weight is 544 g/mol. The Hall–Kier alpha value is -3.97. The van der Waals surface area contributed by atoms with Crippen molar-refractivity contribution in [1.29, 1.82) is 0 Å². The lowest BCUT2D eigenvalue weighted by Gasteiger charge is -2.42. The molecule has 3 aliphatic carbocycles. The Bertz CT molecular complexity index is 1600. The number of fused-ring (bicyclic) bond motifs is 3. The van der Waals surface area contributed by atoms with Gasteiger partial charge in [0, 0.05) is 33.2 Å². The Labute approximate surface area is 230 Å². The van der Waals surface area contributed by atoms with Crippen LogP contribution in [0.4, 0.5) is 5.69 Å². The summed E-state index contributed by atoms with van der Waals surface area (Å²) in [5.74, 6) is -3.56. The molecule has 1 N–H and O–H groups in total. The molecule has 39 heavy (non-hydrogen) atoms. The minimum Gasteiger partial charge on any atom is -0.507 e. The van der Waals surface area contributed by atoms with E-state index < -0.39 is 23.7 Å². The van der Waals surface area contributed by atoms with Gasteiger partial charge < -0.3 is 9.84 Å². The highest BCUT2D eigenvalue weighted by atomic mass is 35.5. The molecule has 6 rings (SSSR count). The van der Waals surface area contributed by atoms with E-state index in [1.54, 1.807) is 37.3 Å². The Kier molecular flexibility index (Phi) is 5.88. The number of benzene rings is 2. The van der Waals surface area contributed by atoms with Crippen LogP contribution in [-0.4, -0.2) is 35.6 Å². The van der Waals surface area contributed by atoms with E-state index in [-0.39, 0.29) is 35.6 Å². The molecule has 0 bridgehead atoms. The zero-order valence-electron chi connectivity index (χ0n) is 21.7. The number of ether oxygens (including phenoxy) is 1. The number of carbonyl (C=O) groups excluding carboxylic acids is 4. The van der Waals surface area contributed by atoms with Crippen molar-refractivity contribution in [2.75, 3.05) is 12.0 Å². The molecule has 0 aromatic heterocycles. The molecule has 2 amide bonds. The number of carbonyl (C=O) groups is 4. The summed E-state index contributed by atoms with van der Waals surface area (Å²) in [5.41, 5.74) is 3.30. The number of aryl methyl sites for hydroxylation is 1. The van der Waals surface area contributed by atoms with E-state index in [4.69, 9.17) is 16.3 Å². The Morgan fingerprint density at radius 1 is 1.03 bits per heavy atom. The summed E-state index contributed by atoms with van der Waals surface area (Å²) < 4.78 is 5.59. The second-order valence-electron chi connectivity index (χ2n) is 10.6. The molecule has 4 aliphatic rings. The van der Waals surface area contributed by atoms with Crippen LogP contribution in [0, 0.1) is 24.7 Å². The maximum Gasteiger partial charge on any atom is 0.238 e. The molecule has 4 atom stereocenters. The molecule has 0 radical (unpaired) electrons. The zero-order valence-corrected chi connectivity index (χ0v) is 22.4. The number of anilines is 1. The molecule has 8 heteroatoms. The van der Waals surface area contributed by atoms with Crippen LogP contribution in [0.3, 0.4) is 0 Å². The lowest BCUT2D eigenvalue weighted by Crippen LogP contribution is -2.40. The number of phenolic OH excluding ortho intramolecular Hbond substituents is 1. The molecule has 0 spiro atoms. The Morgan fingerprint density at radius 2 is 1.79 bits per heavy atom. The second kappa shape index (κ2) is 9.06. The van der Waals surface area contributed by atoms with E-state index in [9.17, 15) is 24.3 Å². The normalized spacial score (nSPS) is 26.2. The number of allylic oxidation sites excluding steroid dienone is 6. The SMILES string of the molecule is COc1cccc(O)c1C1C2=CCC3C(=O)N(c4ccc(C)c(Cl)c4)C(=O)C3C2CC2=C1C(=O)C(C)=CC2=O. The van der Waals surface area contributed by atoms with Gasteiger partial charge in [0.15, 0.2) is 11.6 Å². The van der Waals surface area contributed by atoms with Crippen molar-refractivity contribution < 1.29 is 29.0 Å². The number of aromatic hydroxyl groups is 1. The number of methoxy groups -OCH3 is 1. The minimum atomic E-state index is -0.790. The molecule has 2 aromatic rings. The van der Waals surface area contributed by atoms with Crippen molar-refractivity contribution in [3.05, 3.63) is 87.0 Å². The number of imide groups is 1. The van der Waals surface area contributed by atoms with E-state index in [1.165, 1.54) is 24.2 Å². The third-order valence-corrected chi connectivity index (χ3v) is 8.94. The van der Waals surface area contributed by atoms with Crippen LogP contribution in [-0.2, 0) is 19.2 Å². The summed E-state index contributed by atoms with van der Waals surface area (Å²) in [7, 11) is 1.47. The molecule has 0 saturated carbocycles. The molecule has 1 saturated heterocycles. The number of phenols is 1. The molecule has 2 aromatic carbocycles. The maximum absolute atomic E-state index is 14.0. The van der Waals surface area contributed by atoms with Gasteiger partial charge >= 0.3 is 0 Å². The van der Waals surface area contributed by atoms with Crippen LogP contribution in [0.5, 0.6) is 11.5 Å². The number of halogens is 1. The molecule has 1 aliphatic heterocycles. The van der Waals surface area contributed by atoms with E-state index in [0.717, 1.165) is 11.1 Å². The van der Waals surface area contributed by atoms with Gasteiger partial charge in [-0.25, -0.2) is 4.90 Å². The van der Waals surface area contributed by atoms with Crippen molar-refractivity contribution in [1.82, 2.24) is 0 Å². The van der Waals surface area contributed by atoms with Gasteiger partial charge in [-0.1, -0.05) is 35.4 Å². The summed E-state index contributed by atoms with van der Waals surface area (Å²) in [6.07, 6.45) is 3.69. The first-order valence-electron chi connectivity index (χ1n) is 12.8. The van der Waals surface area contributed by atoms with E-state index >= 15 is 0 Å². The van der Waals surface area contributed by atoms with Crippen molar-refractivity contribution in [2.24, 2.45) is 17.8 Å². The van der Waals surface area contributed by atoms with Crippen LogP contribution < -0.4 is 9.64 Å². The molecule has 1 fully saturated rings. The highest BCUT2D eigenvalue weighted by Gasteiger charge is 2.57. The average Bonchev–Trinajstić information content (AvgIpc) is 3.17. The largest absolute Gasteiger partial charge is 0.507 e. The quantitative estimate of drug-likeness (QED) is 0.332. The summed E-state index contributed by atoms with van der Waals surface area (Å²) in [6, 6.07) is 9.93. The van der Waals surface area contributed by atoms with Crippen LogP contribution in [0.1, 0.15) is 36.8 Å². The van der Waals surface area contributed by atoms with Crippen molar-refractivity contribution in [3.8, 4) is 11.5 Å². The van der Waals surface area contributed by atoms with Crippen LogP contribution >= 0.6 is 11.6 Å². The number of ketones is 2. The molecule has 198 valence electrons. The van der Waals surface area contributed by atoms with Crippen LogP contribution in [0.2, 0.25) is 5.02 Å². The number of nitrogens with zero attached hydrogens (tertiary/aromatic N) is 1. The fraction of sp³-hybridized carbons (Fsp3) is 0.290. The van der Waals surface area contributed by atoms with Gasteiger partial charge in [-0.05, 0) is 68.5 Å². The molecule has 1 heterocycles. The van der Waals surface area contributed by atoms with E-state index in [1.807, 2.05) is 13.0 Å². The van der Waals surface area contributed by atoms with Crippen LogP contribution in [0.25, 0.3) is 0 Å². The molecule has 7 nitrogen and oxygen atoms in total. The fourth-order valence-corrected chi connectivity index (χ4v) is 6.84. The summed E-state index contributed by atoms with van der Waals surface area (Å²) in [4.78, 5) is 55.6. The van der Waals surface area contributed by atoms with Gasteiger partial charge in [-0.15, -0.1) is 0 Å². The van der Waals surface area contributed by atoms with Gasteiger partial charge in [0.05, 0.1) is 24.6 Å². The van der Waals surface area contributed by atoms with Crippen molar-refractivity contribution >= 4 is 40.7 Å². The monoisotopic (exact) mass is 543 g/mol. The summed E-state index contributed by atoms with van der Waals surface area (Å²) >= 11 is 6.32. The smallest absolute Gasteiger partial charge is 0.238 e.